The molecular weight excluding hydrogens is 444 g/mol. The van der Waals surface area contributed by atoms with Crippen LogP contribution in [-0.4, -0.2) is 48.3 Å². The summed E-state index contributed by atoms with van der Waals surface area (Å²) < 4.78 is 5.17. The Bertz CT molecular complexity index is 1220. The van der Waals surface area contributed by atoms with Gasteiger partial charge in [0, 0.05) is 35.9 Å². The second-order valence-electron chi connectivity index (χ2n) is 8.63. The summed E-state index contributed by atoms with van der Waals surface area (Å²) >= 11 is 0. The van der Waals surface area contributed by atoms with E-state index in [9.17, 15) is 19.2 Å². The molecule has 3 aromatic rings. The number of ether oxygens (including phenoxy) is 1. The molecule has 3 amide bonds. The van der Waals surface area contributed by atoms with Crippen molar-refractivity contribution in [3.8, 4) is 0 Å². The van der Waals surface area contributed by atoms with Gasteiger partial charge < -0.3 is 10.1 Å². The zero-order valence-electron chi connectivity index (χ0n) is 19.7. The van der Waals surface area contributed by atoms with Crippen LogP contribution in [0.25, 0.3) is 10.8 Å². The summed E-state index contributed by atoms with van der Waals surface area (Å²) in [5, 5.41) is 4.28. The highest BCUT2D eigenvalue weighted by Gasteiger charge is 2.32. The molecule has 180 valence electrons. The molecule has 7 nitrogen and oxygen atoms in total. The Labute approximate surface area is 204 Å². The van der Waals surface area contributed by atoms with Gasteiger partial charge in [-0.2, -0.15) is 0 Å². The molecule has 3 aromatic carbocycles. The van der Waals surface area contributed by atoms with Crippen molar-refractivity contribution in [1.82, 2.24) is 10.2 Å². The Morgan fingerprint density at radius 3 is 2.20 bits per heavy atom. The zero-order valence-corrected chi connectivity index (χ0v) is 19.7. The SMILES string of the molecule is Cc1ccc(CCC(=O)NCCOC(=O)CCCN2C(=O)c3cccc4cccc(c34)C2=O)cc1. The molecule has 0 atom stereocenters. The third kappa shape index (κ3) is 5.74. The molecule has 0 bridgehead atoms. The minimum absolute atomic E-state index is 0.0737. The zero-order chi connectivity index (χ0) is 24.8. The van der Waals surface area contributed by atoms with Crippen molar-refractivity contribution in [2.45, 2.75) is 32.6 Å². The number of aryl methyl sites for hydroxylation is 2. The van der Waals surface area contributed by atoms with E-state index in [0.29, 0.717) is 35.8 Å². The first-order valence-electron chi connectivity index (χ1n) is 11.8. The summed E-state index contributed by atoms with van der Waals surface area (Å²) in [5.74, 6) is -1.22. The van der Waals surface area contributed by atoms with Crippen LogP contribution in [0.3, 0.4) is 0 Å². The van der Waals surface area contributed by atoms with E-state index >= 15 is 0 Å². The lowest BCUT2D eigenvalue weighted by molar-refractivity contribution is -0.144. The van der Waals surface area contributed by atoms with E-state index in [0.717, 1.165) is 10.9 Å². The van der Waals surface area contributed by atoms with E-state index in [-0.39, 0.29) is 43.8 Å². The van der Waals surface area contributed by atoms with Crippen molar-refractivity contribution in [1.29, 1.82) is 0 Å². The van der Waals surface area contributed by atoms with Crippen LogP contribution < -0.4 is 5.32 Å². The molecule has 1 N–H and O–H groups in total. The highest BCUT2D eigenvalue weighted by Crippen LogP contribution is 2.30. The highest BCUT2D eigenvalue weighted by molar-refractivity contribution is 6.25. The Hall–Kier alpha value is -4.00. The molecule has 4 rings (SSSR count). The van der Waals surface area contributed by atoms with E-state index in [2.05, 4.69) is 5.32 Å². The maximum atomic E-state index is 12.9. The van der Waals surface area contributed by atoms with Gasteiger partial charge in [0.05, 0.1) is 6.54 Å². The number of carbonyl (C=O) groups is 4. The fraction of sp³-hybridized carbons (Fsp3) is 0.286. The van der Waals surface area contributed by atoms with Gasteiger partial charge in [0.15, 0.2) is 0 Å². The lowest BCUT2D eigenvalue weighted by Crippen LogP contribution is -2.41. The predicted molar refractivity (Wildman–Crippen MR) is 132 cm³/mol. The van der Waals surface area contributed by atoms with Crippen LogP contribution in [0.1, 0.15) is 51.1 Å². The maximum Gasteiger partial charge on any atom is 0.305 e. The third-order valence-corrected chi connectivity index (χ3v) is 6.07. The number of amides is 3. The first-order valence-corrected chi connectivity index (χ1v) is 11.8. The topological polar surface area (TPSA) is 92.8 Å². The maximum absolute atomic E-state index is 12.9. The van der Waals surface area contributed by atoms with E-state index < -0.39 is 5.97 Å². The minimum atomic E-state index is -0.432. The first kappa shape index (κ1) is 24.1. The molecule has 0 spiro atoms. The van der Waals surface area contributed by atoms with Gasteiger partial charge >= 0.3 is 5.97 Å². The van der Waals surface area contributed by atoms with Gasteiger partial charge in [-0.25, -0.2) is 0 Å². The van der Waals surface area contributed by atoms with Crippen LogP contribution in [0.5, 0.6) is 0 Å². The Balaban J connectivity index is 1.16. The summed E-state index contributed by atoms with van der Waals surface area (Å²) in [7, 11) is 0. The summed E-state index contributed by atoms with van der Waals surface area (Å²) in [5.41, 5.74) is 3.27. The lowest BCUT2D eigenvalue weighted by atomic mass is 9.94. The number of hydrogen-bond donors (Lipinski definition) is 1. The molecular formula is C28H28N2O5. The fourth-order valence-electron chi connectivity index (χ4n) is 4.19. The quantitative estimate of drug-likeness (QED) is 0.275. The van der Waals surface area contributed by atoms with E-state index in [1.54, 1.807) is 24.3 Å². The average Bonchev–Trinajstić information content (AvgIpc) is 2.86. The van der Waals surface area contributed by atoms with Gasteiger partial charge in [-0.05, 0) is 42.8 Å². The Morgan fingerprint density at radius 1 is 0.886 bits per heavy atom. The van der Waals surface area contributed by atoms with Gasteiger partial charge in [0.1, 0.15) is 6.61 Å². The number of nitrogens with one attached hydrogen (secondary N) is 1. The van der Waals surface area contributed by atoms with Crippen molar-refractivity contribution < 1.29 is 23.9 Å². The number of esters is 1. The van der Waals surface area contributed by atoms with Crippen molar-refractivity contribution in [2.24, 2.45) is 0 Å². The van der Waals surface area contributed by atoms with Crippen molar-refractivity contribution >= 4 is 34.5 Å². The van der Waals surface area contributed by atoms with Gasteiger partial charge in [-0.1, -0.05) is 54.1 Å². The number of carbonyl (C=O) groups excluding carboxylic acids is 4. The van der Waals surface area contributed by atoms with E-state index in [1.807, 2.05) is 43.3 Å². The van der Waals surface area contributed by atoms with Crippen LogP contribution in [-0.2, 0) is 20.7 Å². The highest BCUT2D eigenvalue weighted by atomic mass is 16.5. The fourth-order valence-corrected chi connectivity index (χ4v) is 4.19. The van der Waals surface area contributed by atoms with Crippen molar-refractivity contribution in [3.63, 3.8) is 0 Å². The van der Waals surface area contributed by atoms with Crippen LogP contribution in [0.15, 0.2) is 60.7 Å². The number of nitrogens with zero attached hydrogens (tertiary/aromatic N) is 1. The largest absolute Gasteiger partial charge is 0.464 e. The standard InChI is InChI=1S/C28H28N2O5/c1-19-10-12-20(13-11-19)14-15-24(31)29-16-18-35-25(32)9-4-17-30-27(33)22-7-2-5-21-6-3-8-23(26(21)22)28(30)34/h2-3,5-8,10-13H,4,9,14-18H2,1H3,(H,29,31). The normalized spacial score (nSPS) is 12.7. The van der Waals surface area contributed by atoms with Crippen LogP contribution in [0, 0.1) is 6.92 Å². The summed E-state index contributed by atoms with van der Waals surface area (Å²) in [6, 6.07) is 18.8. The molecule has 0 unspecified atom stereocenters. The number of benzene rings is 3. The molecule has 0 saturated heterocycles. The van der Waals surface area contributed by atoms with Gasteiger partial charge in [-0.15, -0.1) is 0 Å². The average molecular weight is 473 g/mol. The van der Waals surface area contributed by atoms with E-state index in [4.69, 9.17) is 4.74 Å². The predicted octanol–water partition coefficient (Wildman–Crippen LogP) is 3.82. The van der Waals surface area contributed by atoms with Crippen LogP contribution >= 0.6 is 0 Å². The summed E-state index contributed by atoms with van der Waals surface area (Å²) in [4.78, 5) is 51.0. The second kappa shape index (κ2) is 11.0. The van der Waals surface area contributed by atoms with Crippen LogP contribution in [0.4, 0.5) is 0 Å². The lowest BCUT2D eigenvalue weighted by Gasteiger charge is -2.27. The molecule has 1 heterocycles. The van der Waals surface area contributed by atoms with E-state index in [1.165, 1.54) is 10.5 Å². The third-order valence-electron chi connectivity index (χ3n) is 6.07. The summed E-state index contributed by atoms with van der Waals surface area (Å²) in [6.07, 6.45) is 1.40. The first-order chi connectivity index (χ1) is 16.9. The van der Waals surface area contributed by atoms with Crippen molar-refractivity contribution in [3.05, 3.63) is 82.9 Å². The molecule has 1 aliphatic rings. The second-order valence-corrected chi connectivity index (χ2v) is 8.63. The number of rotatable bonds is 10. The smallest absolute Gasteiger partial charge is 0.305 e. The number of hydrogen-bond acceptors (Lipinski definition) is 5. The molecule has 0 aromatic heterocycles. The van der Waals surface area contributed by atoms with Gasteiger partial charge in [-0.3, -0.25) is 24.1 Å². The van der Waals surface area contributed by atoms with Crippen LogP contribution in [0.2, 0.25) is 0 Å². The monoisotopic (exact) mass is 472 g/mol. The number of imide groups is 1. The molecule has 35 heavy (non-hydrogen) atoms. The minimum Gasteiger partial charge on any atom is -0.464 e. The summed E-state index contributed by atoms with van der Waals surface area (Å²) in [6.45, 7) is 2.46. The molecule has 7 heteroatoms. The molecule has 0 saturated carbocycles. The molecule has 1 aliphatic heterocycles. The van der Waals surface area contributed by atoms with Gasteiger partial charge in [0.2, 0.25) is 5.91 Å². The molecule has 0 radical (unpaired) electrons. The van der Waals surface area contributed by atoms with Gasteiger partial charge in [0.25, 0.3) is 11.8 Å². The Morgan fingerprint density at radius 2 is 1.54 bits per heavy atom. The Kier molecular flexibility index (Phi) is 7.55. The molecule has 0 aliphatic carbocycles. The molecule has 0 fully saturated rings. The van der Waals surface area contributed by atoms with Crippen molar-refractivity contribution in [2.75, 3.05) is 19.7 Å².